The average Bonchev–Trinajstić information content (AvgIpc) is 2.26. The standard InChI is InChI=1S/C12H10F3NO.ClH/c13-12(14,15)11(16)9-2-1-8-6-10(17)4-3-7(8)5-9;/h1-6,11,17H,16H2;1H/t11-;/m0./s1. The number of benzene rings is 2. The molecule has 0 aliphatic carbocycles. The highest BCUT2D eigenvalue weighted by Gasteiger charge is 2.37. The Morgan fingerprint density at radius 2 is 1.56 bits per heavy atom. The van der Waals surface area contributed by atoms with Gasteiger partial charge < -0.3 is 10.8 Å². The van der Waals surface area contributed by atoms with Gasteiger partial charge in [0.1, 0.15) is 11.8 Å². The van der Waals surface area contributed by atoms with Crippen molar-refractivity contribution in [1.29, 1.82) is 0 Å². The molecule has 0 fully saturated rings. The average molecular weight is 278 g/mol. The van der Waals surface area contributed by atoms with E-state index in [0.717, 1.165) is 0 Å². The van der Waals surface area contributed by atoms with Crippen LogP contribution in [0.2, 0.25) is 0 Å². The van der Waals surface area contributed by atoms with Crippen LogP contribution in [0, 0.1) is 0 Å². The number of hydrogen-bond donors (Lipinski definition) is 2. The summed E-state index contributed by atoms with van der Waals surface area (Å²) in [5.41, 5.74) is 5.13. The molecule has 0 aromatic heterocycles. The van der Waals surface area contributed by atoms with Crippen molar-refractivity contribution in [3.63, 3.8) is 0 Å². The molecule has 0 bridgehead atoms. The SMILES string of the molecule is Cl.N[C@@H](c1ccc2cc(O)ccc2c1)C(F)(F)F. The molecule has 0 amide bonds. The number of phenolic OH excluding ortho intramolecular Hbond substituents is 1. The molecule has 0 aliphatic rings. The van der Waals surface area contributed by atoms with E-state index in [4.69, 9.17) is 5.73 Å². The van der Waals surface area contributed by atoms with Gasteiger partial charge in [0, 0.05) is 0 Å². The normalized spacial score (nSPS) is 13.1. The zero-order valence-corrected chi connectivity index (χ0v) is 9.92. The monoisotopic (exact) mass is 277 g/mol. The maximum Gasteiger partial charge on any atom is 0.407 e. The third-order valence-electron chi connectivity index (χ3n) is 2.56. The summed E-state index contributed by atoms with van der Waals surface area (Å²) in [5.74, 6) is 0.0744. The Bertz CT molecular complexity index is 557. The number of fused-ring (bicyclic) bond motifs is 1. The Morgan fingerprint density at radius 1 is 1.00 bits per heavy atom. The molecular weight excluding hydrogens is 267 g/mol. The van der Waals surface area contributed by atoms with Gasteiger partial charge in [-0.3, -0.25) is 0 Å². The summed E-state index contributed by atoms with van der Waals surface area (Å²) < 4.78 is 37.3. The van der Waals surface area contributed by atoms with E-state index in [-0.39, 0.29) is 23.7 Å². The molecule has 2 nitrogen and oxygen atoms in total. The van der Waals surface area contributed by atoms with Crippen LogP contribution in [0.5, 0.6) is 5.75 Å². The van der Waals surface area contributed by atoms with Gasteiger partial charge in [-0.25, -0.2) is 0 Å². The van der Waals surface area contributed by atoms with Crippen LogP contribution in [0.4, 0.5) is 13.2 Å². The van der Waals surface area contributed by atoms with Gasteiger partial charge in [-0.05, 0) is 34.5 Å². The molecule has 2 rings (SSSR count). The lowest BCUT2D eigenvalue weighted by atomic mass is 10.0. The molecule has 2 aromatic carbocycles. The van der Waals surface area contributed by atoms with Crippen LogP contribution in [-0.4, -0.2) is 11.3 Å². The number of phenols is 1. The fraction of sp³-hybridized carbons (Fsp3) is 0.167. The van der Waals surface area contributed by atoms with Crippen molar-refractivity contribution in [1.82, 2.24) is 0 Å². The Kier molecular flexibility index (Phi) is 4.09. The van der Waals surface area contributed by atoms with E-state index >= 15 is 0 Å². The molecule has 0 radical (unpaired) electrons. The minimum atomic E-state index is -4.45. The third-order valence-corrected chi connectivity index (χ3v) is 2.56. The smallest absolute Gasteiger partial charge is 0.407 e. The molecule has 0 spiro atoms. The van der Waals surface area contributed by atoms with Crippen molar-refractivity contribution >= 4 is 23.2 Å². The Morgan fingerprint density at radius 3 is 2.17 bits per heavy atom. The van der Waals surface area contributed by atoms with E-state index in [2.05, 4.69) is 0 Å². The summed E-state index contributed by atoms with van der Waals surface area (Å²) in [4.78, 5) is 0. The van der Waals surface area contributed by atoms with Crippen LogP contribution < -0.4 is 5.73 Å². The number of rotatable bonds is 1. The van der Waals surface area contributed by atoms with E-state index in [9.17, 15) is 18.3 Å². The van der Waals surface area contributed by atoms with E-state index in [1.165, 1.54) is 30.3 Å². The molecule has 0 aliphatic heterocycles. The predicted octanol–water partition coefficient (Wildman–Crippen LogP) is 3.53. The van der Waals surface area contributed by atoms with E-state index in [1.807, 2.05) is 0 Å². The molecule has 0 unspecified atom stereocenters. The molecule has 2 aromatic rings. The molecule has 6 heteroatoms. The first-order valence-electron chi connectivity index (χ1n) is 4.93. The zero-order valence-electron chi connectivity index (χ0n) is 9.11. The predicted molar refractivity (Wildman–Crippen MR) is 65.8 cm³/mol. The van der Waals surface area contributed by atoms with E-state index < -0.39 is 12.2 Å². The van der Waals surface area contributed by atoms with Gasteiger partial charge in [-0.15, -0.1) is 12.4 Å². The number of hydrogen-bond acceptors (Lipinski definition) is 2. The molecule has 3 N–H and O–H groups in total. The number of halogens is 4. The maximum absolute atomic E-state index is 12.4. The quantitative estimate of drug-likeness (QED) is 0.838. The number of nitrogens with two attached hydrogens (primary N) is 1. The zero-order chi connectivity index (χ0) is 12.6. The van der Waals surface area contributed by atoms with Crippen LogP contribution in [-0.2, 0) is 0 Å². The minimum Gasteiger partial charge on any atom is -0.508 e. The first kappa shape index (κ1) is 14.6. The number of aromatic hydroxyl groups is 1. The van der Waals surface area contributed by atoms with E-state index in [1.54, 1.807) is 6.07 Å². The van der Waals surface area contributed by atoms with Crippen molar-refractivity contribution in [2.24, 2.45) is 5.73 Å². The molecule has 18 heavy (non-hydrogen) atoms. The van der Waals surface area contributed by atoms with E-state index in [0.29, 0.717) is 10.8 Å². The van der Waals surface area contributed by atoms with Gasteiger partial charge in [-0.2, -0.15) is 13.2 Å². The highest BCUT2D eigenvalue weighted by molar-refractivity contribution is 5.85. The van der Waals surface area contributed by atoms with Crippen LogP contribution in [0.1, 0.15) is 11.6 Å². The van der Waals surface area contributed by atoms with Gasteiger partial charge in [0.05, 0.1) is 0 Å². The lowest BCUT2D eigenvalue weighted by Gasteiger charge is -2.16. The Hall–Kier alpha value is -1.46. The van der Waals surface area contributed by atoms with Crippen LogP contribution in [0.25, 0.3) is 10.8 Å². The summed E-state index contributed by atoms with van der Waals surface area (Å²) in [5, 5.41) is 10.5. The molecule has 0 saturated carbocycles. The highest BCUT2D eigenvalue weighted by atomic mass is 35.5. The molecule has 0 heterocycles. The fourth-order valence-electron chi connectivity index (χ4n) is 1.63. The Labute approximate surface area is 108 Å². The van der Waals surface area contributed by atoms with Gasteiger partial charge in [-0.1, -0.05) is 18.2 Å². The van der Waals surface area contributed by atoms with Gasteiger partial charge in [0.2, 0.25) is 0 Å². The summed E-state index contributed by atoms with van der Waals surface area (Å²) >= 11 is 0. The minimum absolute atomic E-state index is 0. The second-order valence-corrected chi connectivity index (χ2v) is 3.81. The lowest BCUT2D eigenvalue weighted by Crippen LogP contribution is -2.28. The van der Waals surface area contributed by atoms with Gasteiger partial charge in [0.15, 0.2) is 0 Å². The highest BCUT2D eigenvalue weighted by Crippen LogP contribution is 2.32. The Balaban J connectivity index is 0.00000162. The van der Waals surface area contributed by atoms with Gasteiger partial charge >= 0.3 is 6.18 Å². The summed E-state index contributed by atoms with van der Waals surface area (Å²) in [6.07, 6.45) is -4.45. The second kappa shape index (κ2) is 5.04. The van der Waals surface area contributed by atoms with Crippen molar-refractivity contribution < 1.29 is 18.3 Å². The van der Waals surface area contributed by atoms with Crippen molar-refractivity contribution in [2.45, 2.75) is 12.2 Å². The fourth-order valence-corrected chi connectivity index (χ4v) is 1.63. The van der Waals surface area contributed by atoms with Crippen molar-refractivity contribution in [3.05, 3.63) is 42.0 Å². The summed E-state index contributed by atoms with van der Waals surface area (Å²) in [6.45, 7) is 0. The van der Waals surface area contributed by atoms with Crippen LogP contribution >= 0.6 is 12.4 Å². The van der Waals surface area contributed by atoms with Gasteiger partial charge in [0.25, 0.3) is 0 Å². The topological polar surface area (TPSA) is 46.2 Å². The summed E-state index contributed by atoms with van der Waals surface area (Å²) in [6, 6.07) is 6.68. The third kappa shape index (κ3) is 2.86. The largest absolute Gasteiger partial charge is 0.508 e. The number of alkyl halides is 3. The molecule has 98 valence electrons. The van der Waals surface area contributed by atoms with Crippen molar-refractivity contribution in [2.75, 3.05) is 0 Å². The summed E-state index contributed by atoms with van der Waals surface area (Å²) in [7, 11) is 0. The molecule has 1 atom stereocenters. The lowest BCUT2D eigenvalue weighted by molar-refractivity contribution is -0.149. The van der Waals surface area contributed by atoms with Crippen molar-refractivity contribution in [3.8, 4) is 5.75 Å². The first-order valence-corrected chi connectivity index (χ1v) is 4.93. The van der Waals surface area contributed by atoms with Crippen LogP contribution in [0.3, 0.4) is 0 Å². The molecule has 0 saturated heterocycles. The van der Waals surface area contributed by atoms with Crippen LogP contribution in [0.15, 0.2) is 36.4 Å². The maximum atomic E-state index is 12.4. The second-order valence-electron chi connectivity index (χ2n) is 3.81. The first-order chi connectivity index (χ1) is 7.88. The molecular formula is C12H11ClF3NO.